The van der Waals surface area contributed by atoms with Gasteiger partial charge in [-0.15, -0.1) is 0 Å². The molecule has 0 aliphatic heterocycles. The zero-order chi connectivity index (χ0) is 27.1. The van der Waals surface area contributed by atoms with E-state index in [-0.39, 0.29) is 5.70 Å². The summed E-state index contributed by atoms with van der Waals surface area (Å²) in [5.74, 6) is 2.65. The van der Waals surface area contributed by atoms with Crippen LogP contribution in [-0.2, 0) is 4.74 Å². The number of nitrogens with two attached hydrogens (primary N) is 1. The van der Waals surface area contributed by atoms with E-state index in [4.69, 9.17) is 10.6 Å². The Kier molecular flexibility index (Phi) is 9.71. The van der Waals surface area contributed by atoms with E-state index in [1.54, 1.807) is 6.92 Å². The van der Waals surface area contributed by atoms with Crippen molar-refractivity contribution in [3.63, 3.8) is 0 Å². The third-order valence-corrected chi connectivity index (χ3v) is 5.22. The van der Waals surface area contributed by atoms with E-state index in [0.29, 0.717) is 17.8 Å². The smallest absolute Gasteiger partial charge is 0.421 e. The maximum Gasteiger partial charge on any atom is 0.421 e. The molecule has 196 valence electrons. The number of hydrogen-bond acceptors (Lipinski definition) is 4. The molecule has 0 aromatic heterocycles. The van der Waals surface area contributed by atoms with Crippen molar-refractivity contribution in [2.45, 2.75) is 37.7 Å². The Morgan fingerprint density at radius 1 is 1.17 bits per heavy atom. The Morgan fingerprint density at radius 3 is 2.39 bits per heavy atom. The van der Waals surface area contributed by atoms with Crippen molar-refractivity contribution < 1.29 is 40.6 Å². The fourth-order valence-corrected chi connectivity index (χ4v) is 3.10. The first kappa shape index (κ1) is 28.9. The van der Waals surface area contributed by atoms with Crippen LogP contribution in [0.1, 0.15) is 19.8 Å². The number of ether oxygens (including phenoxy) is 1. The molecule has 1 aromatic carbocycles. The van der Waals surface area contributed by atoms with Gasteiger partial charge in [0.25, 0.3) is 0 Å². The molecule has 1 aromatic rings. The molecule has 0 amide bonds. The molecule has 2 unspecified atom stereocenters. The summed E-state index contributed by atoms with van der Waals surface area (Å²) in [6.45, 7) is 4.00. The minimum absolute atomic E-state index is 0.199. The van der Waals surface area contributed by atoms with E-state index >= 15 is 0 Å². The molecule has 36 heavy (non-hydrogen) atoms. The fraction of sp³-hybridized carbons (Fsp3) is 0.280. The maximum absolute atomic E-state index is 14.1. The fourth-order valence-electron chi connectivity index (χ4n) is 3.10. The summed E-state index contributed by atoms with van der Waals surface area (Å²) in [5, 5.41) is 11.5. The molecule has 11 heteroatoms. The number of rotatable bonds is 9. The molecule has 0 bridgehead atoms. The topological polar surface area (TPSA) is 58.7 Å². The SMILES string of the molecule is C=C(/C=C\C(=C\C)N(N)c1ccc(F)cc1)C(O)(CCOC1=CC(F)/C=C(/F)C/C=C\1F)C(F)(F)F. The maximum atomic E-state index is 14.1. The van der Waals surface area contributed by atoms with Crippen LogP contribution in [-0.4, -0.2) is 29.7 Å². The van der Waals surface area contributed by atoms with Crippen LogP contribution < -0.4 is 10.9 Å². The van der Waals surface area contributed by atoms with Crippen molar-refractivity contribution >= 4 is 5.69 Å². The molecular formula is C25H25F7N2O2. The second-order valence-corrected chi connectivity index (χ2v) is 7.72. The van der Waals surface area contributed by atoms with E-state index in [2.05, 4.69) is 6.58 Å². The van der Waals surface area contributed by atoms with Crippen LogP contribution in [0.3, 0.4) is 0 Å². The molecule has 2 atom stereocenters. The number of aliphatic hydroxyl groups is 1. The molecular weight excluding hydrogens is 493 g/mol. The van der Waals surface area contributed by atoms with Crippen molar-refractivity contribution in [1.29, 1.82) is 0 Å². The van der Waals surface area contributed by atoms with Crippen LogP contribution in [0.15, 0.2) is 96.0 Å². The molecule has 1 aliphatic rings. The summed E-state index contributed by atoms with van der Waals surface area (Å²) in [6, 6.07) is 5.01. The van der Waals surface area contributed by atoms with Crippen LogP contribution in [0.4, 0.5) is 36.4 Å². The number of hydrogen-bond donors (Lipinski definition) is 2. The number of benzene rings is 1. The molecule has 0 fully saturated rings. The molecule has 0 saturated carbocycles. The Hall–Kier alpha value is -3.31. The zero-order valence-corrected chi connectivity index (χ0v) is 19.2. The number of anilines is 1. The van der Waals surface area contributed by atoms with Crippen molar-refractivity contribution in [3.05, 3.63) is 102 Å². The van der Waals surface area contributed by atoms with Crippen molar-refractivity contribution in [1.82, 2.24) is 0 Å². The summed E-state index contributed by atoms with van der Waals surface area (Å²) in [4.78, 5) is 0. The van der Waals surface area contributed by atoms with E-state index in [0.717, 1.165) is 35.4 Å². The summed E-state index contributed by atoms with van der Waals surface area (Å²) in [7, 11) is 0. The highest BCUT2D eigenvalue weighted by molar-refractivity contribution is 5.53. The molecule has 0 radical (unpaired) electrons. The minimum atomic E-state index is -5.20. The lowest BCUT2D eigenvalue weighted by molar-refractivity contribution is -0.247. The monoisotopic (exact) mass is 518 g/mol. The molecule has 0 saturated heterocycles. The van der Waals surface area contributed by atoms with Crippen LogP contribution in [0.5, 0.6) is 0 Å². The number of hydrazine groups is 1. The third kappa shape index (κ3) is 7.34. The van der Waals surface area contributed by atoms with Gasteiger partial charge in [0.15, 0.2) is 17.2 Å². The summed E-state index contributed by atoms with van der Waals surface area (Å²) >= 11 is 0. The van der Waals surface area contributed by atoms with Crippen molar-refractivity contribution in [2.24, 2.45) is 5.84 Å². The van der Waals surface area contributed by atoms with Crippen molar-refractivity contribution in [2.75, 3.05) is 11.6 Å². The Morgan fingerprint density at radius 2 is 1.81 bits per heavy atom. The lowest BCUT2D eigenvalue weighted by Crippen LogP contribution is -2.47. The zero-order valence-electron chi connectivity index (χ0n) is 19.2. The predicted molar refractivity (Wildman–Crippen MR) is 123 cm³/mol. The lowest BCUT2D eigenvalue weighted by Gasteiger charge is -2.31. The average Bonchev–Trinajstić information content (AvgIpc) is 2.80. The third-order valence-electron chi connectivity index (χ3n) is 5.22. The van der Waals surface area contributed by atoms with Crippen LogP contribution in [0.25, 0.3) is 0 Å². The normalized spacial score (nSPS) is 21.9. The number of nitrogens with zero attached hydrogens (tertiary/aromatic N) is 1. The highest BCUT2D eigenvalue weighted by atomic mass is 19.4. The van der Waals surface area contributed by atoms with Gasteiger partial charge in [0.05, 0.1) is 18.0 Å². The molecule has 0 spiro atoms. The van der Waals surface area contributed by atoms with E-state index in [1.165, 1.54) is 18.2 Å². The second kappa shape index (κ2) is 12.1. The first-order valence-electron chi connectivity index (χ1n) is 10.6. The minimum Gasteiger partial charge on any atom is -0.491 e. The highest BCUT2D eigenvalue weighted by Gasteiger charge is 2.54. The molecule has 0 heterocycles. The predicted octanol–water partition coefficient (Wildman–Crippen LogP) is 6.55. The summed E-state index contributed by atoms with van der Waals surface area (Å²) < 4.78 is 101. The van der Waals surface area contributed by atoms with Gasteiger partial charge < -0.3 is 9.84 Å². The number of alkyl halides is 4. The van der Waals surface area contributed by atoms with E-state index < -0.39 is 66.2 Å². The van der Waals surface area contributed by atoms with Gasteiger partial charge in [0.1, 0.15) is 17.8 Å². The largest absolute Gasteiger partial charge is 0.491 e. The van der Waals surface area contributed by atoms with Gasteiger partial charge in [-0.3, -0.25) is 5.01 Å². The first-order chi connectivity index (χ1) is 16.8. The van der Waals surface area contributed by atoms with E-state index in [9.17, 15) is 35.8 Å². The van der Waals surface area contributed by atoms with Crippen LogP contribution in [0.2, 0.25) is 0 Å². The molecule has 3 N–H and O–H groups in total. The lowest BCUT2D eigenvalue weighted by atomic mass is 9.90. The van der Waals surface area contributed by atoms with Crippen LogP contribution >= 0.6 is 0 Å². The Labute approximate surface area is 203 Å². The van der Waals surface area contributed by atoms with Crippen LogP contribution in [0, 0.1) is 5.82 Å². The number of halogens is 7. The molecule has 2 rings (SSSR count). The Bertz CT molecular complexity index is 1090. The Balaban J connectivity index is 2.17. The van der Waals surface area contributed by atoms with Gasteiger partial charge >= 0.3 is 6.18 Å². The molecule has 4 nitrogen and oxygen atoms in total. The van der Waals surface area contributed by atoms with Gasteiger partial charge in [-0.1, -0.05) is 18.7 Å². The van der Waals surface area contributed by atoms with Crippen molar-refractivity contribution in [3.8, 4) is 0 Å². The second-order valence-electron chi connectivity index (χ2n) is 7.72. The molecule has 1 aliphatic carbocycles. The standard InChI is InChI=1S/C25H25F7N2O2/c1-3-20(34(33)21-9-5-17(26)6-10-21)8-4-16(2)24(35,25(30,31)32)12-13-36-23-15-19(28)14-18(27)7-11-22(23)29/h3-6,8-11,14-15,19,35H,2,7,12-13,33H2,1H3/b8-4-,18-14+,20-3-,22-11+,23-15?. The summed E-state index contributed by atoms with van der Waals surface area (Å²) in [6.07, 6.45) is -3.52. The summed E-state index contributed by atoms with van der Waals surface area (Å²) in [5.41, 5.74) is -3.73. The quantitative estimate of drug-likeness (QED) is 0.168. The highest BCUT2D eigenvalue weighted by Crippen LogP contribution is 2.39. The van der Waals surface area contributed by atoms with Gasteiger partial charge in [0.2, 0.25) is 0 Å². The average molecular weight is 518 g/mol. The number of allylic oxidation sites excluding steroid dienone is 7. The van der Waals surface area contributed by atoms with Gasteiger partial charge in [0, 0.05) is 12.8 Å². The first-order valence-corrected chi connectivity index (χ1v) is 10.6. The van der Waals surface area contributed by atoms with Gasteiger partial charge in [-0.05, 0) is 61.1 Å². The van der Waals surface area contributed by atoms with E-state index in [1.807, 2.05) is 0 Å². The van der Waals surface area contributed by atoms with Gasteiger partial charge in [-0.2, -0.15) is 13.2 Å². The van der Waals surface area contributed by atoms with Gasteiger partial charge in [-0.25, -0.2) is 23.4 Å².